The average molecular weight is 524 g/mol. The lowest BCUT2D eigenvalue weighted by molar-refractivity contribution is -0.131. The number of allylic oxidation sites excluding steroid dienone is 1. The van der Waals surface area contributed by atoms with Crippen molar-refractivity contribution in [3.05, 3.63) is 41.5 Å². The molecule has 0 N–H and O–H groups in total. The van der Waals surface area contributed by atoms with Crippen LogP contribution in [0.25, 0.3) is 0 Å². The van der Waals surface area contributed by atoms with Gasteiger partial charge in [0.25, 0.3) is 5.91 Å². The minimum atomic E-state index is 0.0640. The van der Waals surface area contributed by atoms with Crippen molar-refractivity contribution in [1.29, 1.82) is 0 Å². The molecule has 1 saturated carbocycles. The van der Waals surface area contributed by atoms with Gasteiger partial charge in [0.05, 0.1) is 7.11 Å². The Morgan fingerprint density at radius 3 is 2.53 bits per heavy atom. The SMILES string of the molecule is CCCCCCCC(=O)N(CCN1CCN(C(=O)c2cccc(OC)c2)CC1)CC1=CCC2CC1C2(C)C. The van der Waals surface area contributed by atoms with Gasteiger partial charge in [-0.05, 0) is 54.7 Å². The molecule has 2 fully saturated rings. The van der Waals surface area contributed by atoms with Gasteiger partial charge in [0.15, 0.2) is 0 Å². The zero-order valence-corrected chi connectivity index (χ0v) is 24.2. The maximum atomic E-state index is 13.4. The fraction of sp³-hybridized carbons (Fsp3) is 0.688. The first-order valence-corrected chi connectivity index (χ1v) is 15.0. The second-order valence-corrected chi connectivity index (χ2v) is 12.2. The number of methoxy groups -OCH3 is 1. The predicted molar refractivity (Wildman–Crippen MR) is 153 cm³/mol. The molecule has 0 radical (unpaired) electrons. The van der Waals surface area contributed by atoms with Crippen molar-refractivity contribution in [2.45, 2.75) is 72.1 Å². The van der Waals surface area contributed by atoms with E-state index in [2.05, 4.69) is 36.6 Å². The highest BCUT2D eigenvalue weighted by molar-refractivity contribution is 5.94. The zero-order chi connectivity index (χ0) is 27.1. The van der Waals surface area contributed by atoms with Crippen LogP contribution in [0.15, 0.2) is 35.9 Å². The molecule has 1 aromatic rings. The maximum absolute atomic E-state index is 13.4. The third-order valence-corrected chi connectivity index (χ3v) is 9.47. The number of carbonyl (C=O) groups excluding carboxylic acids is 2. The molecule has 1 heterocycles. The second-order valence-electron chi connectivity index (χ2n) is 12.2. The first-order valence-electron chi connectivity index (χ1n) is 15.0. The Balaban J connectivity index is 1.30. The van der Waals surface area contributed by atoms with E-state index in [1.54, 1.807) is 7.11 Å². The molecule has 1 saturated heterocycles. The highest BCUT2D eigenvalue weighted by Gasteiger charge is 2.51. The molecule has 0 spiro atoms. The molecule has 1 aliphatic heterocycles. The molecular formula is C32H49N3O3. The molecule has 5 rings (SSSR count). The molecule has 6 nitrogen and oxygen atoms in total. The van der Waals surface area contributed by atoms with Crippen LogP contribution < -0.4 is 4.74 Å². The van der Waals surface area contributed by atoms with Crippen molar-refractivity contribution in [3.8, 4) is 5.75 Å². The Bertz CT molecular complexity index is 980. The number of piperazine rings is 1. The Kier molecular flexibility index (Phi) is 9.91. The van der Waals surface area contributed by atoms with Gasteiger partial charge >= 0.3 is 0 Å². The van der Waals surface area contributed by atoms with Crippen LogP contribution in [0.2, 0.25) is 0 Å². The molecule has 0 aromatic heterocycles. The molecule has 38 heavy (non-hydrogen) atoms. The van der Waals surface area contributed by atoms with E-state index in [9.17, 15) is 9.59 Å². The number of benzene rings is 1. The zero-order valence-electron chi connectivity index (χ0n) is 24.2. The molecule has 3 aliphatic carbocycles. The van der Waals surface area contributed by atoms with Gasteiger partial charge in [-0.15, -0.1) is 0 Å². The van der Waals surface area contributed by atoms with E-state index in [0.29, 0.717) is 48.1 Å². The summed E-state index contributed by atoms with van der Waals surface area (Å²) < 4.78 is 5.28. The van der Waals surface area contributed by atoms with Crippen LogP contribution in [0.3, 0.4) is 0 Å². The van der Waals surface area contributed by atoms with Crippen LogP contribution in [-0.4, -0.2) is 79.4 Å². The molecular weight excluding hydrogens is 474 g/mol. The summed E-state index contributed by atoms with van der Waals surface area (Å²) in [4.78, 5) is 32.9. The summed E-state index contributed by atoms with van der Waals surface area (Å²) in [6, 6.07) is 7.39. The van der Waals surface area contributed by atoms with E-state index in [0.717, 1.165) is 51.5 Å². The minimum absolute atomic E-state index is 0.0640. The first-order chi connectivity index (χ1) is 18.3. The second kappa shape index (κ2) is 13.1. The van der Waals surface area contributed by atoms with Crippen molar-refractivity contribution in [1.82, 2.24) is 14.7 Å². The molecule has 4 aliphatic rings. The van der Waals surface area contributed by atoms with Gasteiger partial charge in [-0.3, -0.25) is 14.5 Å². The standard InChI is InChI=1S/C32H49N3O3/c1-5-6-7-8-9-13-30(36)35(24-26-14-15-27-23-29(26)32(27,2)3)21-18-33-16-19-34(20-17-33)31(37)25-11-10-12-28(22-25)38-4/h10-12,14,22,27,29H,5-9,13,15-21,23-24H2,1-4H3. The third-order valence-electron chi connectivity index (χ3n) is 9.47. The van der Waals surface area contributed by atoms with E-state index < -0.39 is 0 Å². The van der Waals surface area contributed by atoms with Crippen molar-refractivity contribution < 1.29 is 14.3 Å². The van der Waals surface area contributed by atoms with Crippen LogP contribution >= 0.6 is 0 Å². The van der Waals surface area contributed by atoms with Gasteiger partial charge in [0, 0.05) is 57.8 Å². The number of fused-ring (bicyclic) bond motifs is 1. The van der Waals surface area contributed by atoms with Gasteiger partial charge in [-0.1, -0.05) is 64.2 Å². The van der Waals surface area contributed by atoms with Crippen LogP contribution in [0.1, 0.15) is 82.5 Å². The maximum Gasteiger partial charge on any atom is 0.254 e. The highest BCUT2D eigenvalue weighted by Crippen LogP contribution is 2.59. The smallest absolute Gasteiger partial charge is 0.254 e. The van der Waals surface area contributed by atoms with Crippen molar-refractivity contribution in [2.75, 3.05) is 52.9 Å². The van der Waals surface area contributed by atoms with E-state index in [-0.39, 0.29) is 5.91 Å². The average Bonchev–Trinajstić information content (AvgIpc) is 2.94. The largest absolute Gasteiger partial charge is 0.497 e. The summed E-state index contributed by atoms with van der Waals surface area (Å²) in [6.07, 6.45) is 11.4. The topological polar surface area (TPSA) is 53.1 Å². The summed E-state index contributed by atoms with van der Waals surface area (Å²) in [5.74, 6) is 2.53. The predicted octanol–water partition coefficient (Wildman–Crippen LogP) is 5.63. The van der Waals surface area contributed by atoms with Gasteiger partial charge in [0.1, 0.15) is 5.75 Å². The van der Waals surface area contributed by atoms with E-state index in [4.69, 9.17) is 4.74 Å². The van der Waals surface area contributed by atoms with Crippen LogP contribution in [0.5, 0.6) is 5.75 Å². The fourth-order valence-corrected chi connectivity index (χ4v) is 6.58. The summed E-state index contributed by atoms with van der Waals surface area (Å²) in [5.41, 5.74) is 2.55. The van der Waals surface area contributed by atoms with Gasteiger partial charge in [-0.2, -0.15) is 0 Å². The summed E-state index contributed by atoms with van der Waals surface area (Å²) >= 11 is 0. The molecule has 2 amide bonds. The number of rotatable bonds is 13. The number of carbonyl (C=O) groups is 2. The van der Waals surface area contributed by atoms with Crippen molar-refractivity contribution in [2.24, 2.45) is 17.3 Å². The van der Waals surface area contributed by atoms with Crippen LogP contribution in [0.4, 0.5) is 0 Å². The molecule has 2 bridgehead atoms. The van der Waals surface area contributed by atoms with Crippen LogP contribution in [-0.2, 0) is 4.79 Å². The number of amides is 2. The normalized spacial score (nSPS) is 22.4. The Labute approximate surface area is 230 Å². The lowest BCUT2D eigenvalue weighted by Gasteiger charge is -2.57. The lowest BCUT2D eigenvalue weighted by Crippen LogP contribution is -2.52. The molecule has 6 heteroatoms. The molecule has 210 valence electrons. The first kappa shape index (κ1) is 28.7. The molecule has 2 unspecified atom stereocenters. The van der Waals surface area contributed by atoms with E-state index in [1.165, 1.54) is 37.7 Å². The van der Waals surface area contributed by atoms with Crippen LogP contribution in [0, 0.1) is 17.3 Å². The summed E-state index contributed by atoms with van der Waals surface area (Å²) in [7, 11) is 1.62. The third kappa shape index (κ3) is 6.80. The van der Waals surface area contributed by atoms with E-state index in [1.807, 2.05) is 29.2 Å². The highest BCUT2D eigenvalue weighted by atomic mass is 16.5. The Morgan fingerprint density at radius 2 is 1.84 bits per heavy atom. The quantitative estimate of drug-likeness (QED) is 0.248. The fourth-order valence-electron chi connectivity index (χ4n) is 6.58. The Morgan fingerprint density at radius 1 is 1.08 bits per heavy atom. The number of hydrogen-bond donors (Lipinski definition) is 0. The van der Waals surface area contributed by atoms with Gasteiger partial charge < -0.3 is 14.5 Å². The lowest BCUT2D eigenvalue weighted by atomic mass is 9.49. The minimum Gasteiger partial charge on any atom is -0.497 e. The number of ether oxygens (including phenoxy) is 1. The van der Waals surface area contributed by atoms with Gasteiger partial charge in [-0.25, -0.2) is 0 Å². The summed E-state index contributed by atoms with van der Waals surface area (Å²) in [6.45, 7) is 12.6. The monoisotopic (exact) mass is 523 g/mol. The number of nitrogens with zero attached hydrogens (tertiary/aromatic N) is 3. The van der Waals surface area contributed by atoms with E-state index >= 15 is 0 Å². The van der Waals surface area contributed by atoms with Crippen molar-refractivity contribution in [3.63, 3.8) is 0 Å². The summed E-state index contributed by atoms with van der Waals surface area (Å²) in [5, 5.41) is 0. The van der Waals surface area contributed by atoms with Gasteiger partial charge in [0.2, 0.25) is 5.91 Å². The Hall–Kier alpha value is -2.34. The molecule has 2 atom stereocenters. The van der Waals surface area contributed by atoms with Crippen molar-refractivity contribution >= 4 is 11.8 Å². The number of hydrogen-bond acceptors (Lipinski definition) is 4. The molecule has 1 aromatic carbocycles. The number of unbranched alkanes of at least 4 members (excludes halogenated alkanes) is 4.